The van der Waals surface area contributed by atoms with E-state index in [-0.39, 0.29) is 11.6 Å². The van der Waals surface area contributed by atoms with Crippen molar-refractivity contribution in [1.82, 2.24) is 0 Å². The van der Waals surface area contributed by atoms with Gasteiger partial charge in [0.2, 0.25) is 5.39 Å². The van der Waals surface area contributed by atoms with Crippen LogP contribution in [-0.2, 0) is 4.74 Å². The first-order valence-electron chi connectivity index (χ1n) is 3.96. The summed E-state index contributed by atoms with van der Waals surface area (Å²) in [5.74, 6) is -0.384. The highest BCUT2D eigenvalue weighted by Crippen LogP contribution is 2.06. The van der Waals surface area contributed by atoms with Gasteiger partial charge in [0.15, 0.2) is 4.98 Å². The van der Waals surface area contributed by atoms with Gasteiger partial charge in [-0.3, -0.25) is 0 Å². The van der Waals surface area contributed by atoms with E-state index in [1.165, 1.54) is 6.08 Å². The van der Waals surface area contributed by atoms with Crippen LogP contribution in [0.1, 0.15) is 13.8 Å². The molecule has 0 saturated carbocycles. The average Bonchev–Trinajstić information content (AvgIpc) is 2.13. The summed E-state index contributed by atoms with van der Waals surface area (Å²) in [7, 11) is 0. The topological polar surface area (TPSA) is 57.6 Å². The second-order valence-corrected chi connectivity index (χ2v) is 2.11. The van der Waals surface area contributed by atoms with Crippen LogP contribution in [0.5, 0.6) is 0 Å². The predicted molar refractivity (Wildman–Crippen MR) is 50.3 cm³/mol. The van der Waals surface area contributed by atoms with E-state index in [2.05, 4.69) is 4.98 Å². The third-order valence-electron chi connectivity index (χ3n) is 1.17. The Morgan fingerprint density at radius 1 is 1.54 bits per heavy atom. The Kier molecular flexibility index (Phi) is 5.98. The molecule has 13 heavy (non-hydrogen) atoms. The molecule has 70 valence electrons. The second kappa shape index (κ2) is 6.92. The molecule has 0 bridgehead atoms. The Morgan fingerprint density at radius 3 is 2.69 bits per heavy atom. The van der Waals surface area contributed by atoms with Crippen molar-refractivity contribution in [1.29, 1.82) is 5.39 Å². The first kappa shape index (κ1) is 11.2. The third kappa shape index (κ3) is 4.64. The number of aliphatic hydroxyl groups is 1. The zero-order chi connectivity index (χ0) is 10.1. The Hall–Kier alpha value is -1.76. The molecule has 4 nitrogen and oxygen atoms in total. The summed E-state index contributed by atoms with van der Waals surface area (Å²) in [6, 6.07) is 0. The van der Waals surface area contributed by atoms with Crippen LogP contribution < -0.4 is 0 Å². The molecule has 0 aliphatic rings. The summed E-state index contributed by atoms with van der Waals surface area (Å²) >= 11 is 0. The van der Waals surface area contributed by atoms with E-state index in [1.54, 1.807) is 19.1 Å². The van der Waals surface area contributed by atoms with Gasteiger partial charge in [0.1, 0.15) is 0 Å². The number of rotatable bonds is 4. The van der Waals surface area contributed by atoms with Crippen molar-refractivity contribution >= 4 is 0 Å². The van der Waals surface area contributed by atoms with E-state index in [1.807, 2.05) is 13.0 Å². The molecule has 0 radical (unpaired) electrons. The number of diazo groups is 1. The van der Waals surface area contributed by atoms with E-state index in [4.69, 9.17) is 15.2 Å². The van der Waals surface area contributed by atoms with Gasteiger partial charge in [-0.1, -0.05) is 18.2 Å². The van der Waals surface area contributed by atoms with Crippen molar-refractivity contribution in [3.63, 3.8) is 0 Å². The van der Waals surface area contributed by atoms with Crippen LogP contribution >= 0.6 is 0 Å². The number of nitrogens with zero attached hydrogens (tertiary/aromatic N) is 2. The molecule has 0 aliphatic heterocycles. The maximum Gasteiger partial charge on any atom is 0.463 e. The highest BCUT2D eigenvalue weighted by atomic mass is 16.6. The van der Waals surface area contributed by atoms with Gasteiger partial charge < -0.3 is 9.84 Å². The summed E-state index contributed by atoms with van der Waals surface area (Å²) in [5.41, 5.74) is -0.0000463. The average molecular weight is 181 g/mol. The van der Waals surface area contributed by atoms with Crippen LogP contribution in [0.4, 0.5) is 0 Å². The molecular weight excluding hydrogens is 168 g/mol. The molecule has 0 aromatic rings. The first-order valence-corrected chi connectivity index (χ1v) is 3.96. The number of allylic oxidation sites excluding steroid dienone is 4. The molecule has 0 saturated heterocycles. The van der Waals surface area contributed by atoms with E-state index in [0.29, 0.717) is 6.61 Å². The van der Waals surface area contributed by atoms with Gasteiger partial charge in [0.25, 0.3) is 0 Å². The fraction of sp³-hybridized carbons (Fsp3) is 0.333. The van der Waals surface area contributed by atoms with Gasteiger partial charge in [-0.05, 0) is 13.8 Å². The summed E-state index contributed by atoms with van der Waals surface area (Å²) < 4.78 is 4.73. The Labute approximate surface area is 77.5 Å². The standard InChI is InChI=1S/C9H12N2O2/c1-3-5-6-7-8(11-10)9(12)13-4-2/h3,5-7H,4H2,1-2H3/p+1/b5-3+,7-6+,9-8+. The minimum Gasteiger partial charge on any atom is -0.475 e. The smallest absolute Gasteiger partial charge is 0.463 e. The molecule has 0 aromatic carbocycles. The van der Waals surface area contributed by atoms with E-state index in [0.717, 1.165) is 0 Å². The van der Waals surface area contributed by atoms with Gasteiger partial charge >= 0.3 is 11.6 Å². The highest BCUT2D eigenvalue weighted by molar-refractivity contribution is 5.26. The van der Waals surface area contributed by atoms with Crippen LogP contribution in [0, 0.1) is 5.39 Å². The van der Waals surface area contributed by atoms with Gasteiger partial charge in [0, 0.05) is 6.08 Å². The zero-order valence-corrected chi connectivity index (χ0v) is 7.77. The minimum absolute atomic E-state index is 0.0000463. The molecule has 0 unspecified atom stereocenters. The molecule has 0 atom stereocenters. The molecule has 0 amide bonds. The van der Waals surface area contributed by atoms with Gasteiger partial charge in [-0.25, -0.2) is 0 Å². The molecule has 0 rings (SSSR count). The normalized spacial score (nSPS) is 13.0. The van der Waals surface area contributed by atoms with E-state index in [9.17, 15) is 0 Å². The molecule has 4 heteroatoms. The molecule has 0 aliphatic carbocycles. The van der Waals surface area contributed by atoms with Crippen LogP contribution in [0.2, 0.25) is 0 Å². The van der Waals surface area contributed by atoms with E-state index >= 15 is 0 Å². The maximum absolute atomic E-state index is 9.14. The lowest BCUT2D eigenvalue weighted by molar-refractivity contribution is 0.0999. The first-order chi connectivity index (χ1) is 6.26. The molecule has 0 aromatic heterocycles. The maximum atomic E-state index is 9.14. The van der Waals surface area contributed by atoms with Crippen LogP contribution in [-0.4, -0.2) is 11.7 Å². The lowest BCUT2D eigenvalue weighted by atomic mass is 10.4. The summed E-state index contributed by atoms with van der Waals surface area (Å²) in [6.45, 7) is 3.90. The third-order valence-corrected chi connectivity index (χ3v) is 1.17. The van der Waals surface area contributed by atoms with Crippen molar-refractivity contribution in [2.45, 2.75) is 13.8 Å². The van der Waals surface area contributed by atoms with Crippen molar-refractivity contribution in [2.24, 2.45) is 0 Å². The summed E-state index contributed by atoms with van der Waals surface area (Å²) in [5, 5.41) is 17.6. The Morgan fingerprint density at radius 2 is 2.23 bits per heavy atom. The Bertz CT molecular complexity index is 272. The highest BCUT2D eigenvalue weighted by Gasteiger charge is 2.15. The molecular formula is C9H13N2O2+. The van der Waals surface area contributed by atoms with Crippen LogP contribution in [0.3, 0.4) is 0 Å². The Balaban J connectivity index is 4.51. The SMILES string of the molecule is C/C=C/C=C/C([N+]#N)=C(/O)OCC. The molecule has 0 fully saturated rings. The van der Waals surface area contributed by atoms with Gasteiger partial charge in [0.05, 0.1) is 6.61 Å². The lowest BCUT2D eigenvalue weighted by Gasteiger charge is -1.94. The van der Waals surface area contributed by atoms with Crippen molar-refractivity contribution < 1.29 is 9.84 Å². The van der Waals surface area contributed by atoms with Crippen molar-refractivity contribution in [3.05, 3.63) is 40.9 Å². The van der Waals surface area contributed by atoms with Crippen molar-refractivity contribution in [3.8, 4) is 0 Å². The van der Waals surface area contributed by atoms with Gasteiger partial charge in [-0.2, -0.15) is 0 Å². The van der Waals surface area contributed by atoms with Crippen molar-refractivity contribution in [2.75, 3.05) is 6.61 Å². The number of aliphatic hydroxyl groups excluding tert-OH is 1. The van der Waals surface area contributed by atoms with E-state index < -0.39 is 0 Å². The van der Waals surface area contributed by atoms with Crippen LogP contribution in [0.15, 0.2) is 35.9 Å². The summed E-state index contributed by atoms with van der Waals surface area (Å²) in [4.78, 5) is 2.86. The second-order valence-electron chi connectivity index (χ2n) is 2.11. The zero-order valence-electron chi connectivity index (χ0n) is 7.77. The lowest BCUT2D eigenvalue weighted by Crippen LogP contribution is -1.92. The number of ether oxygens (including phenoxy) is 1. The number of hydrogen-bond acceptors (Lipinski definition) is 3. The quantitative estimate of drug-likeness (QED) is 0.412. The molecule has 1 N–H and O–H groups in total. The molecule has 0 heterocycles. The largest absolute Gasteiger partial charge is 0.475 e. The predicted octanol–water partition coefficient (Wildman–Crippen LogP) is 2.74. The fourth-order valence-corrected chi connectivity index (χ4v) is 0.616. The van der Waals surface area contributed by atoms with Crippen LogP contribution in [0.25, 0.3) is 4.98 Å². The van der Waals surface area contributed by atoms with Gasteiger partial charge in [-0.15, -0.1) is 0 Å². The molecule has 0 spiro atoms. The summed E-state index contributed by atoms with van der Waals surface area (Å²) in [6.07, 6.45) is 6.61. The fourth-order valence-electron chi connectivity index (χ4n) is 0.616. The monoisotopic (exact) mass is 181 g/mol. The minimum atomic E-state index is -0.384. The number of hydrogen-bond donors (Lipinski definition) is 1.